The van der Waals surface area contributed by atoms with Crippen molar-refractivity contribution in [3.05, 3.63) is 51.2 Å². The van der Waals surface area contributed by atoms with Gasteiger partial charge in [0.1, 0.15) is 16.9 Å². The minimum Gasteiger partial charge on any atom is -0.543 e. The summed E-state index contributed by atoms with van der Waals surface area (Å²) in [5, 5.41) is 23.7. The number of carbonyl (C=O) groups excluding carboxylic acids is 3. The van der Waals surface area contributed by atoms with E-state index in [2.05, 4.69) is 4.98 Å². The number of amides is 1. The fraction of sp³-hybridized carbons (Fsp3) is 0.300. The van der Waals surface area contributed by atoms with Crippen molar-refractivity contribution >= 4 is 50.7 Å². The summed E-state index contributed by atoms with van der Waals surface area (Å²) >= 11 is 2.59. The van der Waals surface area contributed by atoms with Crippen LogP contribution < -0.4 is 34.7 Å². The average molecular weight is 465 g/mol. The average Bonchev–Trinajstić information content (AvgIpc) is 3.42. The number of ketones is 1. The molecule has 5 heterocycles. The first-order valence-corrected chi connectivity index (χ1v) is 11.0. The number of β-lactam (4-membered cyclic amide) rings is 1. The van der Waals surface area contributed by atoms with Crippen LogP contribution in [0, 0.1) is 11.8 Å². The Labute approximate surface area is 207 Å². The van der Waals surface area contributed by atoms with E-state index in [0.717, 1.165) is 0 Å². The Balaban J connectivity index is 0.00000231. The minimum absolute atomic E-state index is 0. The predicted octanol–water partition coefficient (Wildman–Crippen LogP) is -1.99. The first-order valence-electron chi connectivity index (χ1n) is 9.33. The molecule has 1 amide bonds. The molecule has 2 aliphatic heterocycles. The van der Waals surface area contributed by atoms with Gasteiger partial charge in [-0.2, -0.15) is 0 Å². The van der Waals surface area contributed by atoms with Gasteiger partial charge >= 0.3 is 29.6 Å². The number of rotatable bonds is 5. The quantitative estimate of drug-likeness (QED) is 0.265. The van der Waals surface area contributed by atoms with E-state index >= 15 is 0 Å². The molecule has 4 atom stereocenters. The topological polar surface area (TPSA) is 115 Å². The first kappa shape index (κ1) is 22.4. The number of hydrogen-bond acceptors (Lipinski definition) is 8. The van der Waals surface area contributed by atoms with Crippen molar-refractivity contribution in [3.63, 3.8) is 0 Å². The summed E-state index contributed by atoms with van der Waals surface area (Å²) in [6.45, 7) is 3.38. The number of aromatic nitrogens is 2. The Kier molecular flexibility index (Phi) is 5.74. The summed E-state index contributed by atoms with van der Waals surface area (Å²) < 4.78 is 1.69. The van der Waals surface area contributed by atoms with Gasteiger partial charge in [-0.15, -0.1) is 22.7 Å². The fourth-order valence-corrected chi connectivity index (χ4v) is 6.37. The van der Waals surface area contributed by atoms with Crippen molar-refractivity contribution in [2.45, 2.75) is 26.0 Å². The summed E-state index contributed by atoms with van der Waals surface area (Å²) in [5.41, 5.74) is 0.633. The van der Waals surface area contributed by atoms with Crippen molar-refractivity contribution in [1.82, 2.24) is 14.3 Å². The van der Waals surface area contributed by atoms with E-state index in [1.807, 2.05) is 12.3 Å². The number of aliphatic hydroxyl groups excluding tert-OH is 1. The van der Waals surface area contributed by atoms with Crippen LogP contribution in [0.3, 0.4) is 0 Å². The van der Waals surface area contributed by atoms with E-state index < -0.39 is 29.9 Å². The second-order valence-electron chi connectivity index (χ2n) is 7.51. The summed E-state index contributed by atoms with van der Waals surface area (Å²) in [5.74, 6) is -2.97. The van der Waals surface area contributed by atoms with E-state index in [1.54, 1.807) is 22.7 Å². The monoisotopic (exact) mass is 465 g/mol. The van der Waals surface area contributed by atoms with Gasteiger partial charge in [0.2, 0.25) is 11.7 Å². The van der Waals surface area contributed by atoms with Gasteiger partial charge in [-0.25, -0.2) is 4.98 Å². The maximum atomic E-state index is 12.8. The van der Waals surface area contributed by atoms with Gasteiger partial charge in [0.05, 0.1) is 39.5 Å². The Morgan fingerprint density at radius 3 is 2.71 bits per heavy atom. The molecule has 0 spiro atoms. The van der Waals surface area contributed by atoms with Crippen LogP contribution in [0.4, 0.5) is 0 Å². The number of carboxylic acid groups (broad SMARTS) is 1. The molecule has 0 unspecified atom stereocenters. The normalized spacial score (nSPS) is 23.5. The molecule has 11 heteroatoms. The van der Waals surface area contributed by atoms with E-state index in [1.165, 1.54) is 40.8 Å². The van der Waals surface area contributed by atoms with E-state index in [0.29, 0.717) is 25.9 Å². The number of thiazole rings is 1. The Morgan fingerprint density at radius 1 is 1.35 bits per heavy atom. The number of fused-ring (bicyclic) bond motifs is 2. The standard InChI is InChI=1S/C20H17N3O5S2.Na/c1-8-12(16(20(27)28)23-15(8)13(9(2)24)18(23)26)11-6-22-7-21-14(19(22)30-11)17(25)10-4-3-5-29-10;/h3-9,13,15,24H,1-2H3,(H,27,28);/q;+1/p-1/t8-,9+,13+,15+;/m0./s1. The van der Waals surface area contributed by atoms with Crippen LogP contribution >= 0.6 is 22.7 Å². The second kappa shape index (κ2) is 7.95. The van der Waals surface area contributed by atoms with E-state index in [4.69, 9.17) is 0 Å². The molecule has 3 aromatic rings. The predicted molar refractivity (Wildman–Crippen MR) is 108 cm³/mol. The largest absolute Gasteiger partial charge is 1.00 e. The molecule has 5 rings (SSSR count). The molecule has 1 fully saturated rings. The number of imidazole rings is 1. The van der Waals surface area contributed by atoms with Crippen LogP contribution in [0.25, 0.3) is 10.4 Å². The van der Waals surface area contributed by atoms with Gasteiger partial charge in [0.25, 0.3) is 0 Å². The van der Waals surface area contributed by atoms with Gasteiger partial charge < -0.3 is 19.9 Å². The summed E-state index contributed by atoms with van der Waals surface area (Å²) in [7, 11) is 0. The molecule has 1 saturated heterocycles. The van der Waals surface area contributed by atoms with Crippen LogP contribution in [0.5, 0.6) is 0 Å². The fourth-order valence-electron chi connectivity index (χ4n) is 4.49. The number of aliphatic hydroxyl groups is 1. The Bertz CT molecular complexity index is 1240. The van der Waals surface area contributed by atoms with Gasteiger partial charge in [-0.1, -0.05) is 13.0 Å². The molecule has 0 aliphatic carbocycles. The third-order valence-electron chi connectivity index (χ3n) is 5.80. The number of nitrogens with zero attached hydrogens (tertiary/aromatic N) is 3. The number of aliphatic carboxylic acids is 1. The molecular weight excluding hydrogens is 449 g/mol. The summed E-state index contributed by atoms with van der Waals surface area (Å²) in [4.78, 5) is 44.5. The number of hydrogen-bond donors (Lipinski definition) is 1. The molecule has 0 saturated carbocycles. The van der Waals surface area contributed by atoms with Gasteiger partial charge in [0.15, 0.2) is 0 Å². The zero-order valence-corrected chi connectivity index (χ0v) is 20.6. The molecular formula is C20H16N3NaO5S2. The first-order chi connectivity index (χ1) is 14.3. The van der Waals surface area contributed by atoms with Crippen LogP contribution in [0.15, 0.2) is 35.7 Å². The number of thiophene rings is 1. The second-order valence-corrected chi connectivity index (χ2v) is 9.49. The molecule has 2 aliphatic rings. The van der Waals surface area contributed by atoms with Crippen molar-refractivity contribution in [2.24, 2.45) is 11.8 Å². The van der Waals surface area contributed by atoms with E-state index in [9.17, 15) is 24.6 Å². The number of carboxylic acids is 1. The Hall–Kier alpha value is -1.82. The van der Waals surface area contributed by atoms with Crippen LogP contribution in [0.1, 0.15) is 34.1 Å². The van der Waals surface area contributed by atoms with Crippen molar-refractivity contribution in [3.8, 4) is 0 Å². The third kappa shape index (κ3) is 3.16. The van der Waals surface area contributed by atoms with Gasteiger partial charge in [-0.3, -0.25) is 14.0 Å². The zero-order chi connectivity index (χ0) is 21.3. The maximum absolute atomic E-state index is 12.8. The zero-order valence-electron chi connectivity index (χ0n) is 16.9. The van der Waals surface area contributed by atoms with Gasteiger partial charge in [0, 0.05) is 17.7 Å². The number of carbonyl (C=O) groups is 3. The van der Waals surface area contributed by atoms with Crippen LogP contribution in [-0.4, -0.2) is 49.2 Å². The molecule has 1 N–H and O–H groups in total. The van der Waals surface area contributed by atoms with Crippen molar-refractivity contribution in [1.29, 1.82) is 0 Å². The molecule has 0 bridgehead atoms. The maximum Gasteiger partial charge on any atom is 1.00 e. The van der Waals surface area contributed by atoms with Crippen molar-refractivity contribution in [2.75, 3.05) is 0 Å². The van der Waals surface area contributed by atoms with Crippen molar-refractivity contribution < 1.29 is 54.2 Å². The summed E-state index contributed by atoms with van der Waals surface area (Å²) in [6.07, 6.45) is 2.37. The van der Waals surface area contributed by atoms with Crippen LogP contribution in [0.2, 0.25) is 0 Å². The minimum atomic E-state index is -1.43. The smallest absolute Gasteiger partial charge is 0.543 e. The van der Waals surface area contributed by atoms with E-state index in [-0.39, 0.29) is 47.0 Å². The van der Waals surface area contributed by atoms with Gasteiger partial charge in [-0.05, 0) is 18.4 Å². The summed E-state index contributed by atoms with van der Waals surface area (Å²) in [6, 6.07) is 3.10. The molecule has 0 radical (unpaired) electrons. The molecule has 154 valence electrons. The Morgan fingerprint density at radius 2 is 2.10 bits per heavy atom. The molecule has 3 aromatic heterocycles. The molecule has 8 nitrogen and oxygen atoms in total. The SMILES string of the molecule is C[C@@H](O)[C@H]1C(=O)N2C(C(=O)[O-])=C(c3cn4cnc(C(=O)c5cccs5)c4s3)[C@H](C)[C@H]12.[Na+]. The molecule has 31 heavy (non-hydrogen) atoms. The third-order valence-corrected chi connectivity index (χ3v) is 7.81. The van der Waals surface area contributed by atoms with Crippen LogP contribution in [-0.2, 0) is 9.59 Å². The molecule has 0 aromatic carbocycles.